The molecule has 0 amide bonds. The summed E-state index contributed by atoms with van der Waals surface area (Å²) in [6.07, 6.45) is 0.256. The van der Waals surface area contributed by atoms with E-state index in [0.717, 1.165) is 6.61 Å². The van der Waals surface area contributed by atoms with Gasteiger partial charge in [-0.05, 0) is 13.5 Å². The van der Waals surface area contributed by atoms with Crippen LogP contribution in [0.5, 0.6) is 0 Å². The lowest BCUT2D eigenvalue weighted by Crippen LogP contribution is -2.28. The second-order valence-corrected chi connectivity index (χ2v) is 2.48. The highest BCUT2D eigenvalue weighted by Gasteiger charge is 2.20. The SMILES string of the molecule is C=C1OCC(C)C(C)O1. The van der Waals surface area contributed by atoms with Crippen molar-refractivity contribution >= 4 is 0 Å². The maximum atomic E-state index is 5.18. The molecule has 1 rings (SSSR count). The highest BCUT2D eigenvalue weighted by atomic mass is 16.7. The van der Waals surface area contributed by atoms with Crippen molar-refractivity contribution in [1.82, 2.24) is 0 Å². The fourth-order valence-electron chi connectivity index (χ4n) is 0.717. The third-order valence-electron chi connectivity index (χ3n) is 1.63. The molecule has 0 aliphatic carbocycles. The fraction of sp³-hybridized carbons (Fsp3) is 0.714. The summed E-state index contributed by atoms with van der Waals surface area (Å²) in [6.45, 7) is 8.41. The molecule has 0 aromatic rings. The number of hydrogen-bond donors (Lipinski definition) is 0. The van der Waals surface area contributed by atoms with Crippen LogP contribution in [0.2, 0.25) is 0 Å². The van der Waals surface area contributed by atoms with Gasteiger partial charge in [0, 0.05) is 5.92 Å². The molecule has 2 atom stereocenters. The smallest absolute Gasteiger partial charge is 0.271 e. The highest BCUT2D eigenvalue weighted by Crippen LogP contribution is 2.18. The Bertz CT molecular complexity index is 120. The summed E-state index contributed by atoms with van der Waals surface area (Å²) in [7, 11) is 0. The number of hydrogen-bond acceptors (Lipinski definition) is 2. The van der Waals surface area contributed by atoms with Crippen LogP contribution in [0.4, 0.5) is 0 Å². The molecule has 9 heavy (non-hydrogen) atoms. The van der Waals surface area contributed by atoms with Gasteiger partial charge in [-0.2, -0.15) is 0 Å². The first-order chi connectivity index (χ1) is 4.20. The fourth-order valence-corrected chi connectivity index (χ4v) is 0.717. The molecule has 2 unspecified atom stereocenters. The Morgan fingerprint density at radius 2 is 2.22 bits per heavy atom. The highest BCUT2D eigenvalue weighted by molar-refractivity contribution is 4.78. The largest absolute Gasteiger partial charge is 0.465 e. The molecule has 1 heterocycles. The summed E-state index contributed by atoms with van der Waals surface area (Å²) < 4.78 is 10.2. The molecule has 1 aliphatic heterocycles. The van der Waals surface area contributed by atoms with Crippen LogP contribution in [-0.4, -0.2) is 12.7 Å². The summed E-state index contributed by atoms with van der Waals surface area (Å²) in [5.74, 6) is 0.941. The van der Waals surface area contributed by atoms with Crippen molar-refractivity contribution in [1.29, 1.82) is 0 Å². The quantitative estimate of drug-likeness (QED) is 0.492. The minimum absolute atomic E-state index is 0.256. The van der Waals surface area contributed by atoms with E-state index < -0.39 is 0 Å². The van der Waals surface area contributed by atoms with E-state index in [0.29, 0.717) is 11.9 Å². The van der Waals surface area contributed by atoms with Gasteiger partial charge < -0.3 is 9.47 Å². The van der Waals surface area contributed by atoms with Crippen molar-refractivity contribution in [2.24, 2.45) is 5.92 Å². The van der Waals surface area contributed by atoms with E-state index in [2.05, 4.69) is 13.5 Å². The Morgan fingerprint density at radius 3 is 2.67 bits per heavy atom. The van der Waals surface area contributed by atoms with E-state index in [1.807, 2.05) is 6.92 Å². The topological polar surface area (TPSA) is 18.5 Å². The van der Waals surface area contributed by atoms with Crippen molar-refractivity contribution < 1.29 is 9.47 Å². The lowest BCUT2D eigenvalue weighted by atomic mass is 10.1. The van der Waals surface area contributed by atoms with Crippen LogP contribution in [0, 0.1) is 5.92 Å². The molecular formula is C7H12O2. The summed E-state index contributed by atoms with van der Waals surface area (Å²) >= 11 is 0. The first-order valence-electron chi connectivity index (χ1n) is 3.18. The van der Waals surface area contributed by atoms with Crippen molar-refractivity contribution in [2.75, 3.05) is 6.61 Å². The van der Waals surface area contributed by atoms with E-state index >= 15 is 0 Å². The molecule has 2 heteroatoms. The zero-order chi connectivity index (χ0) is 6.85. The van der Waals surface area contributed by atoms with Crippen LogP contribution >= 0.6 is 0 Å². The molecule has 0 aromatic heterocycles. The first kappa shape index (κ1) is 6.46. The van der Waals surface area contributed by atoms with Crippen LogP contribution in [-0.2, 0) is 9.47 Å². The van der Waals surface area contributed by atoms with E-state index in [-0.39, 0.29) is 6.10 Å². The minimum atomic E-state index is 0.256. The summed E-state index contributed by atoms with van der Waals surface area (Å²) in [5.41, 5.74) is 0. The van der Waals surface area contributed by atoms with E-state index in [9.17, 15) is 0 Å². The maximum absolute atomic E-state index is 5.18. The van der Waals surface area contributed by atoms with Crippen molar-refractivity contribution in [2.45, 2.75) is 20.0 Å². The average Bonchev–Trinajstić information content (AvgIpc) is 1.80. The molecule has 1 saturated heterocycles. The van der Waals surface area contributed by atoms with Crippen LogP contribution in [0.25, 0.3) is 0 Å². The van der Waals surface area contributed by atoms with Crippen molar-refractivity contribution in [3.8, 4) is 0 Å². The van der Waals surface area contributed by atoms with E-state index in [1.165, 1.54) is 0 Å². The summed E-state index contributed by atoms with van der Waals surface area (Å²) in [5, 5.41) is 0. The summed E-state index contributed by atoms with van der Waals surface area (Å²) in [4.78, 5) is 0. The Hall–Kier alpha value is -0.660. The normalized spacial score (nSPS) is 35.1. The van der Waals surface area contributed by atoms with Gasteiger partial charge in [-0.15, -0.1) is 0 Å². The lowest BCUT2D eigenvalue weighted by Gasteiger charge is -2.28. The Balaban J connectivity index is 2.44. The van der Waals surface area contributed by atoms with Gasteiger partial charge in [0.25, 0.3) is 5.95 Å². The maximum Gasteiger partial charge on any atom is 0.271 e. The van der Waals surface area contributed by atoms with Gasteiger partial charge in [0.1, 0.15) is 6.10 Å². The van der Waals surface area contributed by atoms with Gasteiger partial charge in [-0.1, -0.05) is 6.92 Å². The zero-order valence-corrected chi connectivity index (χ0v) is 5.89. The number of ether oxygens (including phenoxy) is 2. The predicted octanol–water partition coefficient (Wildman–Crippen LogP) is 1.53. The Labute approximate surface area is 55.5 Å². The second-order valence-electron chi connectivity index (χ2n) is 2.48. The molecule has 2 nitrogen and oxygen atoms in total. The molecule has 1 fully saturated rings. The number of rotatable bonds is 0. The van der Waals surface area contributed by atoms with Crippen LogP contribution < -0.4 is 0 Å². The van der Waals surface area contributed by atoms with Gasteiger partial charge in [0.15, 0.2) is 0 Å². The molecule has 52 valence electrons. The third kappa shape index (κ3) is 1.37. The predicted molar refractivity (Wildman–Crippen MR) is 34.8 cm³/mol. The monoisotopic (exact) mass is 128 g/mol. The third-order valence-corrected chi connectivity index (χ3v) is 1.63. The molecule has 0 N–H and O–H groups in total. The van der Waals surface area contributed by atoms with Crippen molar-refractivity contribution in [3.05, 3.63) is 12.5 Å². The molecule has 1 aliphatic rings. The Morgan fingerprint density at radius 1 is 1.56 bits per heavy atom. The van der Waals surface area contributed by atoms with E-state index in [1.54, 1.807) is 0 Å². The Kier molecular flexibility index (Phi) is 1.65. The molecule has 0 bridgehead atoms. The van der Waals surface area contributed by atoms with Crippen LogP contribution in [0.3, 0.4) is 0 Å². The molecular weight excluding hydrogens is 116 g/mol. The zero-order valence-electron chi connectivity index (χ0n) is 5.89. The van der Waals surface area contributed by atoms with Crippen LogP contribution in [0.1, 0.15) is 13.8 Å². The van der Waals surface area contributed by atoms with Crippen molar-refractivity contribution in [3.63, 3.8) is 0 Å². The van der Waals surface area contributed by atoms with Gasteiger partial charge in [-0.25, -0.2) is 0 Å². The van der Waals surface area contributed by atoms with E-state index in [4.69, 9.17) is 9.47 Å². The summed E-state index contributed by atoms with van der Waals surface area (Å²) in [6, 6.07) is 0. The van der Waals surface area contributed by atoms with Gasteiger partial charge >= 0.3 is 0 Å². The second kappa shape index (κ2) is 2.29. The first-order valence-corrected chi connectivity index (χ1v) is 3.18. The van der Waals surface area contributed by atoms with Gasteiger partial charge in [0.2, 0.25) is 0 Å². The molecule has 0 saturated carbocycles. The molecule has 0 spiro atoms. The lowest BCUT2D eigenvalue weighted by molar-refractivity contribution is -0.0874. The van der Waals surface area contributed by atoms with Gasteiger partial charge in [0.05, 0.1) is 6.61 Å². The molecule has 0 aromatic carbocycles. The molecule has 0 radical (unpaired) electrons. The minimum Gasteiger partial charge on any atom is -0.465 e. The standard InChI is InChI=1S/C7H12O2/c1-5-4-8-7(3)9-6(5)2/h5-6H,3-4H2,1-2H3. The average molecular weight is 128 g/mol. The van der Waals surface area contributed by atoms with Crippen LogP contribution in [0.15, 0.2) is 12.5 Å². The van der Waals surface area contributed by atoms with Gasteiger partial charge in [-0.3, -0.25) is 0 Å².